The van der Waals surface area contributed by atoms with Crippen LogP contribution < -0.4 is 25.3 Å². The van der Waals surface area contributed by atoms with E-state index in [1.54, 1.807) is 27.3 Å². The Morgan fingerprint density at radius 2 is 2.00 bits per heavy atom. The molecule has 2 aromatic rings. The standard InChI is InChI=1S/C16H16N4O3/c1-19-14-9-4-8-5-12(21-2)13(22-3)6-11(8)23-16(9)20-15(18)10(14)7-17/h5-6H,4H2,1-3H3,(H3,18,19,20). The number of nitrogens with zero attached hydrogens (tertiary/aromatic N) is 2. The van der Waals surface area contributed by atoms with Crippen molar-refractivity contribution in [1.29, 1.82) is 5.26 Å². The third kappa shape index (κ3) is 2.25. The van der Waals surface area contributed by atoms with E-state index in [0.717, 1.165) is 11.1 Å². The van der Waals surface area contributed by atoms with E-state index in [-0.39, 0.29) is 5.82 Å². The molecule has 0 bridgehead atoms. The fourth-order valence-corrected chi connectivity index (χ4v) is 2.69. The second-order valence-electron chi connectivity index (χ2n) is 4.99. The van der Waals surface area contributed by atoms with Crippen LogP contribution in [0.3, 0.4) is 0 Å². The second-order valence-corrected chi connectivity index (χ2v) is 4.99. The van der Waals surface area contributed by atoms with Gasteiger partial charge in [0.25, 0.3) is 0 Å². The summed E-state index contributed by atoms with van der Waals surface area (Å²) in [6, 6.07) is 5.70. The van der Waals surface area contributed by atoms with E-state index in [1.165, 1.54) is 0 Å². The zero-order valence-electron chi connectivity index (χ0n) is 13.1. The number of nitriles is 1. The predicted molar refractivity (Wildman–Crippen MR) is 85.3 cm³/mol. The normalized spacial score (nSPS) is 11.6. The number of hydrogen-bond donors (Lipinski definition) is 2. The molecule has 0 amide bonds. The van der Waals surface area contributed by atoms with E-state index >= 15 is 0 Å². The monoisotopic (exact) mass is 312 g/mol. The van der Waals surface area contributed by atoms with E-state index in [4.69, 9.17) is 19.9 Å². The van der Waals surface area contributed by atoms with Crippen LogP contribution in [-0.2, 0) is 6.42 Å². The van der Waals surface area contributed by atoms with Crippen molar-refractivity contribution in [2.45, 2.75) is 6.42 Å². The first-order chi connectivity index (χ1) is 11.1. The number of rotatable bonds is 3. The molecular weight excluding hydrogens is 296 g/mol. The minimum atomic E-state index is 0.138. The maximum atomic E-state index is 9.29. The SMILES string of the molecule is CNc1c(C#N)c(N)nc2c1Cc1cc(OC)c(OC)cc1O2. The molecule has 1 aromatic carbocycles. The van der Waals surface area contributed by atoms with Crippen LogP contribution in [0.2, 0.25) is 0 Å². The molecule has 23 heavy (non-hydrogen) atoms. The van der Waals surface area contributed by atoms with Crippen molar-refractivity contribution in [2.75, 3.05) is 32.3 Å². The lowest BCUT2D eigenvalue weighted by Crippen LogP contribution is -2.12. The Balaban J connectivity index is 2.16. The van der Waals surface area contributed by atoms with E-state index in [9.17, 15) is 5.26 Å². The Labute approximate surface area is 133 Å². The summed E-state index contributed by atoms with van der Waals surface area (Å²) in [5, 5.41) is 12.3. The first-order valence-corrected chi connectivity index (χ1v) is 6.95. The van der Waals surface area contributed by atoms with Gasteiger partial charge in [0.1, 0.15) is 23.2 Å². The van der Waals surface area contributed by atoms with Crippen molar-refractivity contribution in [3.63, 3.8) is 0 Å². The van der Waals surface area contributed by atoms with Gasteiger partial charge in [0.2, 0.25) is 5.88 Å². The number of nitrogens with two attached hydrogens (primary N) is 1. The van der Waals surface area contributed by atoms with Crippen molar-refractivity contribution < 1.29 is 14.2 Å². The molecule has 0 atom stereocenters. The summed E-state index contributed by atoms with van der Waals surface area (Å²) in [7, 11) is 4.88. The van der Waals surface area contributed by atoms with Gasteiger partial charge in [-0.2, -0.15) is 10.2 Å². The minimum Gasteiger partial charge on any atom is -0.493 e. The van der Waals surface area contributed by atoms with E-state index in [2.05, 4.69) is 16.4 Å². The molecular formula is C16H16N4O3. The van der Waals surface area contributed by atoms with Crippen LogP contribution in [0.25, 0.3) is 0 Å². The van der Waals surface area contributed by atoms with Gasteiger partial charge in [-0.05, 0) is 6.07 Å². The minimum absolute atomic E-state index is 0.138. The lowest BCUT2D eigenvalue weighted by molar-refractivity contribution is 0.349. The van der Waals surface area contributed by atoms with Crippen LogP contribution in [0.1, 0.15) is 16.7 Å². The second kappa shape index (κ2) is 5.57. The van der Waals surface area contributed by atoms with Crippen LogP contribution in [0, 0.1) is 11.3 Å². The van der Waals surface area contributed by atoms with Crippen LogP contribution >= 0.6 is 0 Å². The first-order valence-electron chi connectivity index (χ1n) is 6.95. The van der Waals surface area contributed by atoms with Gasteiger partial charge in [-0.3, -0.25) is 0 Å². The molecule has 118 valence electrons. The molecule has 0 unspecified atom stereocenters. The number of anilines is 2. The van der Waals surface area contributed by atoms with Crippen molar-refractivity contribution in [1.82, 2.24) is 4.98 Å². The smallest absolute Gasteiger partial charge is 0.226 e. The highest BCUT2D eigenvalue weighted by Crippen LogP contribution is 2.45. The molecule has 0 radical (unpaired) electrons. The highest BCUT2D eigenvalue weighted by molar-refractivity contribution is 5.74. The fourth-order valence-electron chi connectivity index (χ4n) is 2.69. The quantitative estimate of drug-likeness (QED) is 0.764. The molecule has 3 N–H and O–H groups in total. The van der Waals surface area contributed by atoms with Crippen LogP contribution in [0.5, 0.6) is 23.1 Å². The molecule has 7 heteroatoms. The summed E-state index contributed by atoms with van der Waals surface area (Å²) in [6.45, 7) is 0. The van der Waals surface area contributed by atoms with E-state index in [0.29, 0.717) is 40.8 Å². The maximum absolute atomic E-state index is 9.29. The van der Waals surface area contributed by atoms with E-state index in [1.807, 2.05) is 6.07 Å². The van der Waals surface area contributed by atoms with Crippen molar-refractivity contribution in [2.24, 2.45) is 0 Å². The lowest BCUT2D eigenvalue weighted by atomic mass is 9.98. The zero-order valence-corrected chi connectivity index (χ0v) is 13.1. The molecule has 0 saturated carbocycles. The summed E-state index contributed by atoms with van der Waals surface area (Å²) in [5.41, 5.74) is 8.52. The Morgan fingerprint density at radius 1 is 1.30 bits per heavy atom. The van der Waals surface area contributed by atoms with Gasteiger partial charge in [0.15, 0.2) is 11.5 Å². The number of hydrogen-bond acceptors (Lipinski definition) is 7. The molecule has 0 fully saturated rings. The average molecular weight is 312 g/mol. The van der Waals surface area contributed by atoms with Gasteiger partial charge in [-0.1, -0.05) is 0 Å². The number of aromatic nitrogens is 1. The van der Waals surface area contributed by atoms with Crippen LogP contribution in [0.15, 0.2) is 12.1 Å². The third-order valence-electron chi connectivity index (χ3n) is 3.79. The molecule has 1 aromatic heterocycles. The number of fused-ring (bicyclic) bond motifs is 2. The molecule has 3 rings (SSSR count). The van der Waals surface area contributed by atoms with E-state index < -0.39 is 0 Å². The average Bonchev–Trinajstić information content (AvgIpc) is 2.57. The summed E-state index contributed by atoms with van der Waals surface area (Å²) < 4.78 is 16.5. The van der Waals surface area contributed by atoms with Gasteiger partial charge in [-0.15, -0.1) is 0 Å². The highest BCUT2D eigenvalue weighted by Gasteiger charge is 2.26. The summed E-state index contributed by atoms with van der Waals surface area (Å²) in [5.74, 6) is 2.36. The van der Waals surface area contributed by atoms with Gasteiger partial charge >= 0.3 is 0 Å². The molecule has 2 heterocycles. The van der Waals surface area contributed by atoms with Crippen molar-refractivity contribution in [3.05, 3.63) is 28.8 Å². The molecule has 1 aliphatic heterocycles. The number of methoxy groups -OCH3 is 2. The molecule has 7 nitrogen and oxygen atoms in total. The first kappa shape index (κ1) is 14.8. The Hall–Kier alpha value is -3.14. The van der Waals surface area contributed by atoms with Gasteiger partial charge in [0.05, 0.1) is 19.9 Å². The number of nitrogens with one attached hydrogen (secondary N) is 1. The number of pyridine rings is 1. The number of benzene rings is 1. The summed E-state index contributed by atoms with van der Waals surface area (Å²) in [4.78, 5) is 4.21. The van der Waals surface area contributed by atoms with Gasteiger partial charge in [0, 0.05) is 30.7 Å². The van der Waals surface area contributed by atoms with Gasteiger partial charge < -0.3 is 25.3 Å². The Morgan fingerprint density at radius 3 is 2.61 bits per heavy atom. The van der Waals surface area contributed by atoms with Crippen LogP contribution in [-0.4, -0.2) is 26.3 Å². The zero-order chi connectivity index (χ0) is 16.6. The molecule has 0 saturated heterocycles. The largest absolute Gasteiger partial charge is 0.493 e. The van der Waals surface area contributed by atoms with Gasteiger partial charge in [-0.25, -0.2) is 0 Å². The molecule has 1 aliphatic rings. The fraction of sp³-hybridized carbons (Fsp3) is 0.250. The highest BCUT2D eigenvalue weighted by atomic mass is 16.5. The number of ether oxygens (including phenoxy) is 3. The molecule has 0 aliphatic carbocycles. The van der Waals surface area contributed by atoms with Crippen molar-refractivity contribution in [3.8, 4) is 29.2 Å². The molecule has 0 spiro atoms. The van der Waals surface area contributed by atoms with Crippen LogP contribution in [0.4, 0.5) is 11.5 Å². The predicted octanol–water partition coefficient (Wildman–Crippen LogP) is 2.29. The Bertz CT molecular complexity index is 827. The lowest BCUT2D eigenvalue weighted by Gasteiger charge is -2.24. The summed E-state index contributed by atoms with van der Waals surface area (Å²) in [6.07, 6.45) is 0.545. The van der Waals surface area contributed by atoms with Crippen molar-refractivity contribution >= 4 is 11.5 Å². The topological polar surface area (TPSA) is 102 Å². The maximum Gasteiger partial charge on any atom is 0.226 e. The summed E-state index contributed by atoms with van der Waals surface area (Å²) >= 11 is 0. The Kier molecular flexibility index (Phi) is 3.58. The third-order valence-corrected chi connectivity index (χ3v) is 3.79. The number of nitrogen functional groups attached to an aromatic ring is 1.